The number of carbonyl (C=O) groups is 1. The number of hydrogen-bond acceptors (Lipinski definition) is 7. The first-order valence-corrected chi connectivity index (χ1v) is 10.0. The number of nitrogens with two attached hydrogens (primary N) is 1. The number of nitrogen functional groups attached to an aromatic ring is 1. The fraction of sp³-hybridized carbons (Fsp3) is 0.273. The number of rotatable bonds is 7. The highest BCUT2D eigenvalue weighted by Gasteiger charge is 2.32. The Bertz CT molecular complexity index is 1150. The molecule has 9 heteroatoms. The zero-order chi connectivity index (χ0) is 21.8. The SMILES string of the molecule is Cc1nc(N)ccc1CNC(=O)[C@@H]1COc2cnc(NCCc3ccccc3)c(=O)n21. The molecular weight excluding hydrogens is 396 g/mol. The third-order valence-corrected chi connectivity index (χ3v) is 5.19. The van der Waals surface area contributed by atoms with Gasteiger partial charge in [0.05, 0.1) is 6.20 Å². The van der Waals surface area contributed by atoms with Crippen LogP contribution in [0.1, 0.15) is 22.9 Å². The number of anilines is 2. The Balaban J connectivity index is 1.43. The topological polar surface area (TPSA) is 124 Å². The van der Waals surface area contributed by atoms with Crippen LogP contribution in [0.3, 0.4) is 0 Å². The van der Waals surface area contributed by atoms with Crippen LogP contribution in [0.4, 0.5) is 11.6 Å². The van der Waals surface area contributed by atoms with Crippen LogP contribution in [0, 0.1) is 6.92 Å². The quantitative estimate of drug-likeness (QED) is 0.528. The third-order valence-electron chi connectivity index (χ3n) is 5.19. The number of carbonyl (C=O) groups excluding carboxylic acids is 1. The molecule has 0 saturated heterocycles. The monoisotopic (exact) mass is 420 g/mol. The highest BCUT2D eigenvalue weighted by atomic mass is 16.5. The van der Waals surface area contributed by atoms with Crippen LogP contribution >= 0.6 is 0 Å². The molecule has 3 heterocycles. The van der Waals surface area contributed by atoms with Gasteiger partial charge in [-0.2, -0.15) is 0 Å². The smallest absolute Gasteiger partial charge is 0.296 e. The second-order valence-electron chi connectivity index (χ2n) is 7.31. The zero-order valence-corrected chi connectivity index (χ0v) is 17.2. The number of hydrogen-bond donors (Lipinski definition) is 3. The van der Waals surface area contributed by atoms with Crippen LogP contribution in [0.2, 0.25) is 0 Å². The number of amides is 1. The molecule has 0 fully saturated rings. The lowest BCUT2D eigenvalue weighted by molar-refractivity contribution is -0.124. The minimum atomic E-state index is -0.762. The Morgan fingerprint density at radius 3 is 2.84 bits per heavy atom. The average Bonchev–Trinajstić information content (AvgIpc) is 3.20. The van der Waals surface area contributed by atoms with Crippen LogP contribution < -0.4 is 26.7 Å². The highest BCUT2D eigenvalue weighted by molar-refractivity contribution is 5.81. The molecule has 4 N–H and O–H groups in total. The molecule has 1 atom stereocenters. The fourth-order valence-electron chi connectivity index (χ4n) is 3.47. The normalized spacial score (nSPS) is 14.5. The number of pyridine rings is 1. The maximum atomic E-state index is 12.9. The van der Waals surface area contributed by atoms with Crippen molar-refractivity contribution in [2.75, 3.05) is 24.2 Å². The Morgan fingerprint density at radius 1 is 1.26 bits per heavy atom. The number of aromatic nitrogens is 3. The van der Waals surface area contributed by atoms with Gasteiger partial charge < -0.3 is 21.1 Å². The van der Waals surface area contributed by atoms with Crippen molar-refractivity contribution in [3.05, 3.63) is 75.8 Å². The standard InChI is InChI=1S/C22H24N6O3/c1-14-16(7-8-18(23)27-14)11-26-21(29)17-13-31-19-12-25-20(22(30)28(17)19)24-10-9-15-5-3-2-4-6-15/h2-8,12,17H,9-11,13H2,1H3,(H2,23,27)(H,24,25)(H,26,29)/t17-/m0/s1. The van der Waals surface area contributed by atoms with E-state index in [0.29, 0.717) is 12.4 Å². The van der Waals surface area contributed by atoms with Crippen molar-refractivity contribution in [1.29, 1.82) is 0 Å². The molecule has 1 aliphatic heterocycles. The summed E-state index contributed by atoms with van der Waals surface area (Å²) in [4.78, 5) is 34.1. The molecule has 31 heavy (non-hydrogen) atoms. The van der Waals surface area contributed by atoms with Gasteiger partial charge in [0.15, 0.2) is 11.9 Å². The van der Waals surface area contributed by atoms with E-state index in [1.54, 1.807) is 6.07 Å². The summed E-state index contributed by atoms with van der Waals surface area (Å²) in [6.45, 7) is 2.74. The molecule has 1 amide bonds. The van der Waals surface area contributed by atoms with Gasteiger partial charge in [-0.3, -0.25) is 14.2 Å². The van der Waals surface area contributed by atoms with Crippen LogP contribution in [0.25, 0.3) is 0 Å². The summed E-state index contributed by atoms with van der Waals surface area (Å²) in [5.74, 6) is 0.598. The van der Waals surface area contributed by atoms with Crippen molar-refractivity contribution in [3.8, 4) is 5.88 Å². The Hall–Kier alpha value is -3.88. The van der Waals surface area contributed by atoms with Crippen LogP contribution in [0.5, 0.6) is 5.88 Å². The molecule has 0 unspecified atom stereocenters. The van der Waals surface area contributed by atoms with E-state index in [2.05, 4.69) is 20.6 Å². The van der Waals surface area contributed by atoms with Crippen LogP contribution in [0.15, 0.2) is 53.5 Å². The largest absolute Gasteiger partial charge is 0.475 e. The molecule has 4 rings (SSSR count). The van der Waals surface area contributed by atoms with E-state index in [4.69, 9.17) is 10.5 Å². The average molecular weight is 420 g/mol. The van der Waals surface area contributed by atoms with Crippen molar-refractivity contribution in [1.82, 2.24) is 19.9 Å². The summed E-state index contributed by atoms with van der Waals surface area (Å²) in [7, 11) is 0. The predicted octanol–water partition coefficient (Wildman–Crippen LogP) is 1.43. The molecular formula is C22H24N6O3. The fourth-order valence-corrected chi connectivity index (χ4v) is 3.47. The molecule has 0 bridgehead atoms. The van der Waals surface area contributed by atoms with Crippen molar-refractivity contribution < 1.29 is 9.53 Å². The molecule has 160 valence electrons. The highest BCUT2D eigenvalue weighted by Crippen LogP contribution is 2.23. The van der Waals surface area contributed by atoms with E-state index in [9.17, 15) is 9.59 Å². The first kappa shape index (κ1) is 20.4. The maximum absolute atomic E-state index is 12.9. The van der Waals surface area contributed by atoms with E-state index in [1.165, 1.54) is 10.8 Å². The zero-order valence-electron chi connectivity index (χ0n) is 17.2. The molecule has 3 aromatic rings. The van der Waals surface area contributed by atoms with Crippen LogP contribution in [-0.4, -0.2) is 33.6 Å². The van der Waals surface area contributed by atoms with Gasteiger partial charge in [0.1, 0.15) is 12.4 Å². The summed E-state index contributed by atoms with van der Waals surface area (Å²) in [5, 5.41) is 5.92. The van der Waals surface area contributed by atoms with Crippen molar-refractivity contribution in [3.63, 3.8) is 0 Å². The number of nitrogens with one attached hydrogen (secondary N) is 2. The molecule has 0 saturated carbocycles. The van der Waals surface area contributed by atoms with Gasteiger partial charge in [0.2, 0.25) is 11.8 Å². The summed E-state index contributed by atoms with van der Waals surface area (Å²) >= 11 is 0. The first-order valence-electron chi connectivity index (χ1n) is 10.0. The van der Waals surface area contributed by atoms with Gasteiger partial charge in [-0.25, -0.2) is 9.97 Å². The van der Waals surface area contributed by atoms with Gasteiger partial charge in [-0.15, -0.1) is 0 Å². The summed E-state index contributed by atoms with van der Waals surface area (Å²) < 4.78 is 6.86. The maximum Gasteiger partial charge on any atom is 0.296 e. The van der Waals surface area contributed by atoms with E-state index in [1.807, 2.05) is 43.3 Å². The first-order chi connectivity index (χ1) is 15.0. The van der Waals surface area contributed by atoms with E-state index < -0.39 is 6.04 Å². The molecule has 0 spiro atoms. The van der Waals surface area contributed by atoms with E-state index in [0.717, 1.165) is 23.2 Å². The minimum absolute atomic E-state index is 0.0786. The second-order valence-corrected chi connectivity index (χ2v) is 7.31. The number of nitrogens with zero attached hydrogens (tertiary/aromatic N) is 3. The molecule has 0 radical (unpaired) electrons. The number of aryl methyl sites for hydroxylation is 1. The molecule has 2 aromatic heterocycles. The molecule has 1 aromatic carbocycles. The Morgan fingerprint density at radius 2 is 2.06 bits per heavy atom. The lowest BCUT2D eigenvalue weighted by atomic mass is 10.1. The van der Waals surface area contributed by atoms with E-state index >= 15 is 0 Å². The number of ether oxygens (including phenoxy) is 1. The summed E-state index contributed by atoms with van der Waals surface area (Å²) in [6.07, 6.45) is 2.21. The minimum Gasteiger partial charge on any atom is -0.475 e. The van der Waals surface area contributed by atoms with Gasteiger partial charge in [-0.1, -0.05) is 36.4 Å². The summed E-state index contributed by atoms with van der Waals surface area (Å²) in [5.41, 5.74) is 8.04. The van der Waals surface area contributed by atoms with E-state index in [-0.39, 0.29) is 36.3 Å². The lowest BCUT2D eigenvalue weighted by Crippen LogP contribution is -2.37. The number of fused-ring (bicyclic) bond motifs is 1. The van der Waals surface area contributed by atoms with Gasteiger partial charge in [0, 0.05) is 18.8 Å². The number of benzene rings is 1. The molecule has 0 aliphatic carbocycles. The van der Waals surface area contributed by atoms with Gasteiger partial charge >= 0.3 is 0 Å². The Labute approximate surface area is 179 Å². The summed E-state index contributed by atoms with van der Waals surface area (Å²) in [6, 6.07) is 12.7. The van der Waals surface area contributed by atoms with Crippen molar-refractivity contribution in [2.24, 2.45) is 0 Å². The van der Waals surface area contributed by atoms with Crippen molar-refractivity contribution >= 4 is 17.5 Å². The lowest BCUT2D eigenvalue weighted by Gasteiger charge is -2.14. The van der Waals surface area contributed by atoms with Gasteiger partial charge in [0.25, 0.3) is 5.56 Å². The molecule has 9 nitrogen and oxygen atoms in total. The third kappa shape index (κ3) is 4.50. The van der Waals surface area contributed by atoms with Gasteiger partial charge in [-0.05, 0) is 30.5 Å². The second kappa shape index (κ2) is 8.86. The van der Waals surface area contributed by atoms with Crippen molar-refractivity contribution in [2.45, 2.75) is 25.9 Å². The predicted molar refractivity (Wildman–Crippen MR) is 117 cm³/mol. The molecule has 1 aliphatic rings. The Kier molecular flexibility index (Phi) is 5.83. The van der Waals surface area contributed by atoms with Crippen LogP contribution in [-0.2, 0) is 17.8 Å².